The minimum Gasteiger partial charge on any atom is -0.503 e. The predicted octanol–water partition coefficient (Wildman–Crippen LogP) is 2.77. The number of halogens is 1. The van der Waals surface area contributed by atoms with Crippen LogP contribution in [0.25, 0.3) is 0 Å². The molecule has 2 amide bonds. The number of hydrogen-bond acceptors (Lipinski definition) is 6. The van der Waals surface area contributed by atoms with Gasteiger partial charge in [-0.1, -0.05) is 23.3 Å². The van der Waals surface area contributed by atoms with Gasteiger partial charge in [-0.05, 0) is 49.5 Å². The Bertz CT molecular complexity index is 1220. The maximum Gasteiger partial charge on any atom is 0.231 e. The number of allylic oxidation sites excluding steroid dienone is 6. The molecular weight excluding hydrogens is 434 g/mol. The van der Waals surface area contributed by atoms with E-state index in [1.54, 1.807) is 19.1 Å². The molecule has 8 heteroatoms. The smallest absolute Gasteiger partial charge is 0.231 e. The minimum absolute atomic E-state index is 0.0496. The Morgan fingerprint density at radius 3 is 2.59 bits per heavy atom. The number of hydrogen-bond donors (Lipinski definition) is 2. The second kappa shape index (κ2) is 7.17. The third kappa shape index (κ3) is 2.80. The molecule has 1 saturated heterocycles. The summed E-state index contributed by atoms with van der Waals surface area (Å²) < 4.78 is 5.26. The molecule has 4 unspecified atom stereocenters. The van der Waals surface area contributed by atoms with E-state index in [4.69, 9.17) is 16.3 Å². The first-order valence-electron chi connectivity index (χ1n) is 10.3. The number of ether oxygens (including phenoxy) is 1. The summed E-state index contributed by atoms with van der Waals surface area (Å²) in [5.74, 6) is -3.34. The molecule has 5 rings (SSSR count). The number of methoxy groups -OCH3 is 1. The van der Waals surface area contributed by atoms with Crippen LogP contribution in [-0.4, -0.2) is 35.6 Å². The van der Waals surface area contributed by atoms with Crippen molar-refractivity contribution in [3.63, 3.8) is 0 Å². The molecule has 1 heterocycles. The fourth-order valence-corrected chi connectivity index (χ4v) is 5.79. The molecule has 0 spiro atoms. The Labute approximate surface area is 188 Å². The highest BCUT2D eigenvalue weighted by Gasteiger charge is 2.53. The van der Waals surface area contributed by atoms with Crippen LogP contribution in [0.1, 0.15) is 31.2 Å². The molecule has 3 aliphatic carbocycles. The summed E-state index contributed by atoms with van der Waals surface area (Å²) in [7, 11) is 1.39. The Hall–Kier alpha value is -3.19. The molecule has 1 aromatic carbocycles. The molecule has 7 nitrogen and oxygen atoms in total. The SMILES string of the molecule is COc1cc(C2C3=CCC4C(=O)NC(=O)C4C3CC3=C2C(=O)C(C)=CC3=O)cc(Cl)c1O. The zero-order valence-electron chi connectivity index (χ0n) is 17.4. The van der Waals surface area contributed by atoms with E-state index in [0.717, 1.165) is 5.57 Å². The number of imide groups is 1. The van der Waals surface area contributed by atoms with E-state index in [1.165, 1.54) is 13.2 Å². The van der Waals surface area contributed by atoms with Gasteiger partial charge in [0.1, 0.15) is 0 Å². The van der Waals surface area contributed by atoms with Crippen LogP contribution in [0.5, 0.6) is 11.5 Å². The molecule has 0 bridgehead atoms. The molecule has 0 aromatic heterocycles. The van der Waals surface area contributed by atoms with Crippen molar-refractivity contribution in [2.45, 2.75) is 25.7 Å². The summed E-state index contributed by atoms with van der Waals surface area (Å²) in [6.07, 6.45) is 3.83. The van der Waals surface area contributed by atoms with Crippen molar-refractivity contribution in [1.82, 2.24) is 5.32 Å². The van der Waals surface area contributed by atoms with Gasteiger partial charge >= 0.3 is 0 Å². The van der Waals surface area contributed by atoms with Gasteiger partial charge in [-0.3, -0.25) is 24.5 Å². The first-order valence-corrected chi connectivity index (χ1v) is 10.7. The lowest BCUT2D eigenvalue weighted by Crippen LogP contribution is -2.39. The monoisotopic (exact) mass is 453 g/mol. The molecule has 4 aliphatic rings. The van der Waals surface area contributed by atoms with Gasteiger partial charge in [0.2, 0.25) is 11.8 Å². The standard InChI is InChI=1S/C24H20ClNO6/c1-9-5-16(27)14-8-13-11(3-4-12-19(13)24(31)26-23(12)30)18(20(14)21(9)28)10-6-15(25)22(29)17(7-10)32-2/h3,5-7,12-13,18-19,29H,4,8H2,1-2H3,(H,26,30,31). The molecule has 1 aromatic rings. The van der Waals surface area contributed by atoms with Gasteiger partial charge in [-0.2, -0.15) is 0 Å². The zero-order chi connectivity index (χ0) is 22.9. The van der Waals surface area contributed by atoms with Crippen LogP contribution in [0.15, 0.2) is 46.6 Å². The van der Waals surface area contributed by atoms with Crippen LogP contribution in [0.3, 0.4) is 0 Å². The van der Waals surface area contributed by atoms with Crippen molar-refractivity contribution < 1.29 is 29.0 Å². The van der Waals surface area contributed by atoms with E-state index in [-0.39, 0.29) is 46.3 Å². The molecule has 164 valence electrons. The summed E-state index contributed by atoms with van der Waals surface area (Å²) in [6, 6.07) is 3.15. The van der Waals surface area contributed by atoms with Crippen molar-refractivity contribution in [2.75, 3.05) is 7.11 Å². The van der Waals surface area contributed by atoms with Gasteiger partial charge in [0.05, 0.1) is 24.0 Å². The lowest BCUT2D eigenvalue weighted by molar-refractivity contribution is -0.126. The second-order valence-electron chi connectivity index (χ2n) is 8.64. The lowest BCUT2D eigenvalue weighted by Gasteiger charge is -2.42. The van der Waals surface area contributed by atoms with Crippen molar-refractivity contribution in [3.8, 4) is 11.5 Å². The fourth-order valence-electron chi connectivity index (χ4n) is 5.57. The van der Waals surface area contributed by atoms with Crippen LogP contribution in [-0.2, 0) is 19.2 Å². The van der Waals surface area contributed by atoms with Crippen LogP contribution >= 0.6 is 11.6 Å². The summed E-state index contributed by atoms with van der Waals surface area (Å²) in [6.45, 7) is 1.60. The summed E-state index contributed by atoms with van der Waals surface area (Å²) >= 11 is 6.25. The van der Waals surface area contributed by atoms with Crippen molar-refractivity contribution in [3.05, 3.63) is 57.2 Å². The molecule has 1 aliphatic heterocycles. The van der Waals surface area contributed by atoms with Crippen molar-refractivity contribution >= 4 is 35.0 Å². The van der Waals surface area contributed by atoms with Gasteiger partial charge in [0.15, 0.2) is 23.1 Å². The summed E-state index contributed by atoms with van der Waals surface area (Å²) in [5, 5.41) is 12.7. The number of ketones is 2. The number of benzene rings is 1. The van der Waals surface area contributed by atoms with E-state index in [1.807, 2.05) is 6.08 Å². The molecular formula is C24H20ClNO6. The number of amides is 2. The number of nitrogens with one attached hydrogen (secondary N) is 1. The lowest BCUT2D eigenvalue weighted by atomic mass is 9.59. The van der Waals surface area contributed by atoms with E-state index >= 15 is 0 Å². The third-order valence-corrected chi connectivity index (χ3v) is 7.30. The average molecular weight is 454 g/mol. The quantitative estimate of drug-likeness (QED) is 0.405. The molecule has 32 heavy (non-hydrogen) atoms. The second-order valence-corrected chi connectivity index (χ2v) is 9.04. The van der Waals surface area contributed by atoms with Crippen molar-refractivity contribution in [1.29, 1.82) is 0 Å². The van der Waals surface area contributed by atoms with Crippen LogP contribution in [0, 0.1) is 17.8 Å². The summed E-state index contributed by atoms with van der Waals surface area (Å²) in [4.78, 5) is 51.2. The first-order chi connectivity index (χ1) is 15.2. The first kappa shape index (κ1) is 20.7. The molecule has 4 atom stereocenters. The van der Waals surface area contributed by atoms with Crippen LogP contribution < -0.4 is 10.1 Å². The van der Waals surface area contributed by atoms with Crippen LogP contribution in [0.4, 0.5) is 0 Å². The summed E-state index contributed by atoms with van der Waals surface area (Å²) in [5.41, 5.74) is 2.46. The number of aromatic hydroxyl groups is 1. The van der Waals surface area contributed by atoms with E-state index in [2.05, 4.69) is 5.32 Å². The highest BCUT2D eigenvalue weighted by Crippen LogP contribution is 2.55. The van der Waals surface area contributed by atoms with Crippen molar-refractivity contribution in [2.24, 2.45) is 17.8 Å². The Balaban J connectivity index is 1.75. The molecule has 0 saturated carbocycles. The number of phenols is 1. The Morgan fingerprint density at radius 2 is 1.88 bits per heavy atom. The number of carbonyl (C=O) groups is 4. The van der Waals surface area contributed by atoms with Gasteiger partial charge in [-0.25, -0.2) is 0 Å². The highest BCUT2D eigenvalue weighted by atomic mass is 35.5. The topological polar surface area (TPSA) is 110 Å². The Kier molecular flexibility index (Phi) is 4.64. The van der Waals surface area contributed by atoms with Gasteiger partial charge in [0, 0.05) is 22.6 Å². The number of fused-ring (bicyclic) bond motifs is 3. The van der Waals surface area contributed by atoms with Crippen LogP contribution in [0.2, 0.25) is 5.02 Å². The van der Waals surface area contributed by atoms with E-state index in [9.17, 15) is 24.3 Å². The zero-order valence-corrected chi connectivity index (χ0v) is 18.2. The average Bonchev–Trinajstić information content (AvgIpc) is 3.06. The van der Waals surface area contributed by atoms with E-state index < -0.39 is 23.7 Å². The minimum atomic E-state index is -0.639. The fraction of sp³-hybridized carbons (Fsp3) is 0.333. The Morgan fingerprint density at radius 1 is 1.12 bits per heavy atom. The predicted molar refractivity (Wildman–Crippen MR) is 114 cm³/mol. The molecule has 0 radical (unpaired) electrons. The third-order valence-electron chi connectivity index (χ3n) is 7.01. The number of phenolic OH excluding ortho intramolecular Hbond substituents is 1. The maximum absolute atomic E-state index is 13.3. The number of rotatable bonds is 2. The largest absolute Gasteiger partial charge is 0.503 e. The van der Waals surface area contributed by atoms with Gasteiger partial charge < -0.3 is 9.84 Å². The molecule has 2 N–H and O–H groups in total. The highest BCUT2D eigenvalue weighted by molar-refractivity contribution is 6.32. The molecule has 1 fully saturated rings. The van der Waals surface area contributed by atoms with E-state index in [0.29, 0.717) is 28.7 Å². The number of Topliss-reactive ketones (excluding diaryl/α,β-unsaturated/α-hetero) is 1. The normalized spacial score (nSPS) is 29.1. The number of carbonyl (C=O) groups excluding carboxylic acids is 4. The van der Waals surface area contributed by atoms with Gasteiger partial charge in [-0.15, -0.1) is 0 Å². The van der Waals surface area contributed by atoms with Gasteiger partial charge in [0.25, 0.3) is 0 Å². The maximum atomic E-state index is 13.3.